The zero-order valence-electron chi connectivity index (χ0n) is 14.3. The van der Waals surface area contributed by atoms with Crippen molar-refractivity contribution < 1.29 is 14.3 Å². The number of primary amides is 1. The predicted octanol–water partition coefficient (Wildman–Crippen LogP) is 0.859. The molecule has 2 N–H and O–H groups in total. The van der Waals surface area contributed by atoms with Crippen LogP contribution in [0.3, 0.4) is 0 Å². The summed E-state index contributed by atoms with van der Waals surface area (Å²) in [6, 6.07) is 9.95. The minimum Gasteiger partial charge on any atom is -0.383 e. The second-order valence-corrected chi connectivity index (χ2v) is 6.25. The van der Waals surface area contributed by atoms with Crippen LogP contribution in [0.4, 0.5) is 0 Å². The molecule has 2 amide bonds. The fraction of sp³-hybridized carbons (Fsp3) is 0.556. The number of amides is 2. The number of ether oxygens (including phenoxy) is 1. The van der Waals surface area contributed by atoms with E-state index in [2.05, 4.69) is 4.90 Å². The van der Waals surface area contributed by atoms with Crippen LogP contribution in [0.25, 0.3) is 0 Å². The Balaban J connectivity index is 1.89. The number of likely N-dealkylation sites (tertiary alicyclic amines) is 1. The van der Waals surface area contributed by atoms with E-state index < -0.39 is 0 Å². The third kappa shape index (κ3) is 5.62. The summed E-state index contributed by atoms with van der Waals surface area (Å²) in [5.74, 6) is -0.189. The Morgan fingerprint density at radius 2 is 1.92 bits per heavy atom. The van der Waals surface area contributed by atoms with Crippen molar-refractivity contribution in [3.05, 3.63) is 35.9 Å². The van der Waals surface area contributed by atoms with Gasteiger partial charge in [0.25, 0.3) is 0 Å². The Labute approximate surface area is 143 Å². The maximum Gasteiger partial charge on any atom is 0.237 e. The van der Waals surface area contributed by atoms with Crippen molar-refractivity contribution in [3.8, 4) is 0 Å². The molecular weight excluding hydrogens is 306 g/mol. The first kappa shape index (κ1) is 18.4. The molecule has 6 heteroatoms. The molecule has 6 nitrogen and oxygen atoms in total. The van der Waals surface area contributed by atoms with Gasteiger partial charge in [-0.2, -0.15) is 0 Å². The summed E-state index contributed by atoms with van der Waals surface area (Å²) in [5.41, 5.74) is 6.46. The van der Waals surface area contributed by atoms with Gasteiger partial charge < -0.3 is 15.4 Å². The lowest BCUT2D eigenvalue weighted by atomic mass is 9.96. The van der Waals surface area contributed by atoms with E-state index in [1.165, 1.54) is 0 Å². The minimum absolute atomic E-state index is 0.0507. The monoisotopic (exact) mass is 333 g/mol. The highest BCUT2D eigenvalue weighted by atomic mass is 16.5. The van der Waals surface area contributed by atoms with Crippen molar-refractivity contribution in [1.82, 2.24) is 9.80 Å². The van der Waals surface area contributed by atoms with Gasteiger partial charge in [0.05, 0.1) is 13.2 Å². The number of rotatable bonds is 8. The smallest absolute Gasteiger partial charge is 0.237 e. The van der Waals surface area contributed by atoms with E-state index in [4.69, 9.17) is 10.5 Å². The molecule has 1 aliphatic rings. The molecule has 1 heterocycles. The van der Waals surface area contributed by atoms with E-state index in [0.29, 0.717) is 26.2 Å². The highest BCUT2D eigenvalue weighted by Crippen LogP contribution is 2.16. The Morgan fingerprint density at radius 3 is 2.50 bits per heavy atom. The van der Waals surface area contributed by atoms with Crippen LogP contribution >= 0.6 is 0 Å². The van der Waals surface area contributed by atoms with E-state index >= 15 is 0 Å². The normalized spacial score (nSPS) is 16.0. The standard InChI is InChI=1S/C18H27N3O3/c1-24-12-11-21(13-15-5-3-2-4-6-15)17(22)14-20-9-7-16(8-10-20)18(19)23/h2-6,16H,7-14H2,1H3,(H2,19,23). The average molecular weight is 333 g/mol. The van der Waals surface area contributed by atoms with Crippen LogP contribution in [0.5, 0.6) is 0 Å². The van der Waals surface area contributed by atoms with Crippen molar-refractivity contribution in [2.75, 3.05) is 39.9 Å². The molecule has 0 atom stereocenters. The molecule has 1 aromatic carbocycles. The number of hydrogen-bond acceptors (Lipinski definition) is 4. The SMILES string of the molecule is COCCN(Cc1ccccc1)C(=O)CN1CCC(C(N)=O)CC1. The number of piperidine rings is 1. The Bertz CT molecular complexity index is 528. The quantitative estimate of drug-likeness (QED) is 0.765. The molecule has 1 fully saturated rings. The van der Waals surface area contributed by atoms with Gasteiger partial charge in [0.1, 0.15) is 0 Å². The van der Waals surface area contributed by atoms with Gasteiger partial charge in [-0.15, -0.1) is 0 Å². The van der Waals surface area contributed by atoms with Gasteiger partial charge in [-0.05, 0) is 31.5 Å². The number of nitrogens with two attached hydrogens (primary N) is 1. The topological polar surface area (TPSA) is 75.9 Å². The highest BCUT2D eigenvalue weighted by molar-refractivity contribution is 5.78. The molecule has 1 aromatic rings. The van der Waals surface area contributed by atoms with Crippen LogP contribution in [0, 0.1) is 5.92 Å². The van der Waals surface area contributed by atoms with Crippen LogP contribution in [0.1, 0.15) is 18.4 Å². The summed E-state index contributed by atoms with van der Waals surface area (Å²) >= 11 is 0. The zero-order valence-corrected chi connectivity index (χ0v) is 14.3. The summed E-state index contributed by atoms with van der Waals surface area (Å²) < 4.78 is 5.13. The number of carbonyl (C=O) groups is 2. The van der Waals surface area contributed by atoms with E-state index in [-0.39, 0.29) is 17.7 Å². The van der Waals surface area contributed by atoms with Crippen LogP contribution in [-0.4, -0.2) is 61.5 Å². The van der Waals surface area contributed by atoms with Gasteiger partial charge >= 0.3 is 0 Å². The number of carbonyl (C=O) groups excluding carboxylic acids is 2. The predicted molar refractivity (Wildman–Crippen MR) is 92.1 cm³/mol. The molecular formula is C18H27N3O3. The zero-order chi connectivity index (χ0) is 17.4. The lowest BCUT2D eigenvalue weighted by molar-refractivity contribution is -0.134. The number of hydrogen-bond donors (Lipinski definition) is 1. The summed E-state index contributed by atoms with van der Waals surface area (Å²) in [6.45, 7) is 3.53. The summed E-state index contributed by atoms with van der Waals surface area (Å²) in [4.78, 5) is 27.8. The lowest BCUT2D eigenvalue weighted by Gasteiger charge is -2.32. The van der Waals surface area contributed by atoms with E-state index in [0.717, 1.165) is 31.5 Å². The van der Waals surface area contributed by atoms with E-state index in [1.807, 2.05) is 35.2 Å². The first-order chi connectivity index (χ1) is 11.6. The molecule has 24 heavy (non-hydrogen) atoms. The van der Waals surface area contributed by atoms with Gasteiger partial charge in [-0.3, -0.25) is 14.5 Å². The van der Waals surface area contributed by atoms with Crippen molar-refractivity contribution >= 4 is 11.8 Å². The fourth-order valence-corrected chi connectivity index (χ4v) is 2.96. The molecule has 132 valence electrons. The Morgan fingerprint density at radius 1 is 1.25 bits per heavy atom. The maximum atomic E-state index is 12.7. The van der Waals surface area contributed by atoms with Gasteiger partial charge in [-0.1, -0.05) is 30.3 Å². The second-order valence-electron chi connectivity index (χ2n) is 6.25. The molecule has 0 aliphatic carbocycles. The fourth-order valence-electron chi connectivity index (χ4n) is 2.96. The molecule has 0 radical (unpaired) electrons. The minimum atomic E-state index is -0.230. The van der Waals surface area contributed by atoms with Crippen molar-refractivity contribution in [1.29, 1.82) is 0 Å². The summed E-state index contributed by atoms with van der Waals surface area (Å²) in [7, 11) is 1.64. The Hall–Kier alpha value is -1.92. The molecule has 0 aromatic heterocycles. The van der Waals surface area contributed by atoms with Gasteiger partial charge in [0, 0.05) is 26.1 Å². The molecule has 0 saturated carbocycles. The van der Waals surface area contributed by atoms with Crippen molar-refractivity contribution in [3.63, 3.8) is 0 Å². The maximum absolute atomic E-state index is 12.7. The largest absolute Gasteiger partial charge is 0.383 e. The second kappa shape index (κ2) is 9.39. The molecule has 2 rings (SSSR count). The Kier molecular flexibility index (Phi) is 7.21. The van der Waals surface area contributed by atoms with Gasteiger partial charge in [0.15, 0.2) is 0 Å². The van der Waals surface area contributed by atoms with Crippen molar-refractivity contribution in [2.45, 2.75) is 19.4 Å². The molecule has 0 unspecified atom stereocenters. The van der Waals surface area contributed by atoms with Gasteiger partial charge in [-0.25, -0.2) is 0 Å². The van der Waals surface area contributed by atoms with Crippen molar-refractivity contribution in [2.24, 2.45) is 11.7 Å². The molecule has 0 spiro atoms. The number of methoxy groups -OCH3 is 1. The van der Waals surface area contributed by atoms with Gasteiger partial charge in [0.2, 0.25) is 11.8 Å². The van der Waals surface area contributed by atoms with Crippen LogP contribution in [0.15, 0.2) is 30.3 Å². The highest BCUT2D eigenvalue weighted by Gasteiger charge is 2.25. The van der Waals surface area contributed by atoms with E-state index in [1.54, 1.807) is 7.11 Å². The molecule has 0 bridgehead atoms. The number of benzene rings is 1. The molecule has 1 aliphatic heterocycles. The summed E-state index contributed by atoms with van der Waals surface area (Å²) in [5, 5.41) is 0. The number of nitrogens with zero attached hydrogens (tertiary/aromatic N) is 2. The third-order valence-electron chi connectivity index (χ3n) is 4.48. The van der Waals surface area contributed by atoms with E-state index in [9.17, 15) is 9.59 Å². The summed E-state index contributed by atoms with van der Waals surface area (Å²) in [6.07, 6.45) is 1.47. The lowest BCUT2D eigenvalue weighted by Crippen LogP contribution is -2.45. The average Bonchev–Trinajstić information content (AvgIpc) is 2.60. The van der Waals surface area contributed by atoms with Crippen LogP contribution < -0.4 is 5.73 Å². The molecule has 1 saturated heterocycles. The van der Waals surface area contributed by atoms with Crippen LogP contribution in [0.2, 0.25) is 0 Å². The third-order valence-corrected chi connectivity index (χ3v) is 4.48. The first-order valence-corrected chi connectivity index (χ1v) is 8.42. The van der Waals surface area contributed by atoms with Crippen LogP contribution in [-0.2, 0) is 20.9 Å². The first-order valence-electron chi connectivity index (χ1n) is 8.42.